The van der Waals surface area contributed by atoms with Crippen LogP contribution in [0.25, 0.3) is 10.6 Å². The first-order valence-corrected chi connectivity index (χ1v) is 13.1. The van der Waals surface area contributed by atoms with Crippen LogP contribution in [-0.2, 0) is 16.6 Å². The summed E-state index contributed by atoms with van der Waals surface area (Å²) >= 11 is 1.09. The molecule has 0 aliphatic heterocycles. The summed E-state index contributed by atoms with van der Waals surface area (Å²) in [4.78, 5) is 27.6. The van der Waals surface area contributed by atoms with E-state index < -0.39 is 27.7 Å². The molecule has 0 radical (unpaired) electrons. The molecule has 0 saturated heterocycles. The number of carbonyl (C=O) groups is 1. The second-order valence-corrected chi connectivity index (χ2v) is 10.0. The second-order valence-electron chi connectivity index (χ2n) is 7.35. The highest BCUT2D eigenvalue weighted by Gasteiger charge is 2.25. The smallest absolute Gasteiger partial charge is 0.355 e. The molecule has 2 N–H and O–H groups in total. The standard InChI is InChI=1S/C21H20F2N8O4S2/c1-2-35-18-11-24-9-15(28-18)17-10-25-20(36-17)19(32)29-16(12-31-26-6-7-27-31)13-4-3-5-14(8-13)30-37(33,34)21(22)23/h3-11,16,21,30H,2,12H2,1H3,(H,29,32)/t16-/m1/s1. The zero-order chi connectivity index (χ0) is 26.4. The number of amides is 1. The summed E-state index contributed by atoms with van der Waals surface area (Å²) in [6.07, 6.45) is 7.40. The molecule has 3 aromatic heterocycles. The minimum absolute atomic E-state index is 0.0733. The SMILES string of the molecule is CCOc1cncc(-c2cnc(C(=O)N[C@H](Cn3nccn3)c3cccc(NS(=O)(=O)C(F)F)c3)s2)n1. The van der Waals surface area contributed by atoms with E-state index in [1.54, 1.807) is 6.07 Å². The Bertz CT molecular complexity index is 1460. The predicted molar refractivity (Wildman–Crippen MR) is 130 cm³/mol. The number of thiazole rings is 1. The lowest BCUT2D eigenvalue weighted by Crippen LogP contribution is -2.32. The minimum Gasteiger partial charge on any atom is -0.477 e. The van der Waals surface area contributed by atoms with Gasteiger partial charge in [-0.15, -0.1) is 11.3 Å². The number of benzene rings is 1. The quantitative estimate of drug-likeness (QED) is 0.287. The predicted octanol–water partition coefficient (Wildman–Crippen LogP) is 2.73. The van der Waals surface area contributed by atoms with Crippen LogP contribution >= 0.6 is 11.3 Å². The molecule has 4 aromatic rings. The molecule has 0 aliphatic rings. The van der Waals surface area contributed by atoms with Crippen molar-refractivity contribution in [2.45, 2.75) is 25.3 Å². The number of ether oxygens (including phenoxy) is 1. The Balaban J connectivity index is 1.57. The lowest BCUT2D eigenvalue weighted by Gasteiger charge is -2.19. The van der Waals surface area contributed by atoms with Gasteiger partial charge in [-0.2, -0.15) is 23.8 Å². The van der Waals surface area contributed by atoms with Gasteiger partial charge in [0.1, 0.15) is 5.69 Å². The number of hydrogen-bond donors (Lipinski definition) is 2. The van der Waals surface area contributed by atoms with E-state index in [0.717, 1.165) is 11.3 Å². The first kappa shape index (κ1) is 26.0. The first-order chi connectivity index (χ1) is 17.7. The van der Waals surface area contributed by atoms with Gasteiger partial charge in [0.2, 0.25) is 5.88 Å². The fraction of sp³-hybridized carbons (Fsp3) is 0.238. The number of rotatable bonds is 11. The van der Waals surface area contributed by atoms with Gasteiger partial charge < -0.3 is 10.1 Å². The molecule has 16 heteroatoms. The number of halogens is 2. The fourth-order valence-electron chi connectivity index (χ4n) is 3.16. The highest BCUT2D eigenvalue weighted by atomic mass is 32.2. The van der Waals surface area contributed by atoms with Crippen LogP contribution in [0.15, 0.2) is 55.2 Å². The molecule has 0 aliphatic carbocycles. The molecular weight excluding hydrogens is 530 g/mol. The van der Waals surface area contributed by atoms with Gasteiger partial charge in [-0.25, -0.2) is 18.4 Å². The molecular formula is C21H20F2N8O4S2. The van der Waals surface area contributed by atoms with Gasteiger partial charge in [-0.05, 0) is 24.6 Å². The van der Waals surface area contributed by atoms with Crippen molar-refractivity contribution >= 4 is 33.0 Å². The number of nitrogens with one attached hydrogen (secondary N) is 2. The fourth-order valence-corrected chi connectivity index (χ4v) is 4.48. The maximum atomic E-state index is 13.1. The van der Waals surface area contributed by atoms with Crippen molar-refractivity contribution in [3.63, 3.8) is 0 Å². The van der Waals surface area contributed by atoms with E-state index in [1.807, 2.05) is 11.6 Å². The highest BCUT2D eigenvalue weighted by Crippen LogP contribution is 2.27. The normalized spacial score (nSPS) is 12.3. The van der Waals surface area contributed by atoms with E-state index in [0.29, 0.717) is 28.6 Å². The summed E-state index contributed by atoms with van der Waals surface area (Å²) in [5.74, 6) is -3.78. The molecule has 3 heterocycles. The van der Waals surface area contributed by atoms with E-state index in [4.69, 9.17) is 4.74 Å². The minimum atomic E-state index is -4.87. The van der Waals surface area contributed by atoms with E-state index in [-0.39, 0.29) is 17.2 Å². The van der Waals surface area contributed by atoms with Crippen molar-refractivity contribution in [2.75, 3.05) is 11.3 Å². The van der Waals surface area contributed by atoms with Gasteiger partial charge in [0.25, 0.3) is 15.9 Å². The molecule has 0 saturated carbocycles. The van der Waals surface area contributed by atoms with Gasteiger partial charge >= 0.3 is 5.76 Å². The number of aromatic nitrogens is 6. The largest absolute Gasteiger partial charge is 0.477 e. The number of nitrogens with zero attached hydrogens (tertiary/aromatic N) is 6. The number of alkyl halides is 2. The maximum Gasteiger partial charge on any atom is 0.355 e. The number of anilines is 1. The molecule has 0 spiro atoms. The zero-order valence-corrected chi connectivity index (χ0v) is 20.8. The molecule has 37 heavy (non-hydrogen) atoms. The van der Waals surface area contributed by atoms with Crippen molar-refractivity contribution < 1.29 is 26.7 Å². The van der Waals surface area contributed by atoms with Crippen LogP contribution < -0.4 is 14.8 Å². The highest BCUT2D eigenvalue weighted by molar-refractivity contribution is 7.93. The maximum absolute atomic E-state index is 13.1. The van der Waals surface area contributed by atoms with Crippen LogP contribution in [-0.4, -0.2) is 56.6 Å². The summed E-state index contributed by atoms with van der Waals surface area (Å²) in [7, 11) is -4.87. The Hall–Kier alpha value is -4.05. The van der Waals surface area contributed by atoms with Crippen molar-refractivity contribution in [2.24, 2.45) is 0 Å². The van der Waals surface area contributed by atoms with Gasteiger partial charge in [-0.1, -0.05) is 12.1 Å². The Kier molecular flexibility index (Phi) is 7.98. The summed E-state index contributed by atoms with van der Waals surface area (Å²) in [6, 6.07) is 4.98. The number of sulfonamides is 1. The Morgan fingerprint density at radius 2 is 1.97 bits per heavy atom. The lowest BCUT2D eigenvalue weighted by atomic mass is 10.1. The molecule has 1 amide bonds. The molecule has 0 bridgehead atoms. The lowest BCUT2D eigenvalue weighted by molar-refractivity contribution is 0.0930. The summed E-state index contributed by atoms with van der Waals surface area (Å²) in [5.41, 5.74) is 0.820. The second kappa shape index (κ2) is 11.3. The van der Waals surface area contributed by atoms with E-state index >= 15 is 0 Å². The van der Waals surface area contributed by atoms with Gasteiger partial charge in [-0.3, -0.25) is 14.5 Å². The average Bonchev–Trinajstić information content (AvgIpc) is 3.56. The summed E-state index contributed by atoms with van der Waals surface area (Å²) < 4.78 is 56.0. The Morgan fingerprint density at radius 3 is 2.70 bits per heavy atom. The Labute approximate surface area is 213 Å². The monoisotopic (exact) mass is 550 g/mol. The molecule has 1 aromatic carbocycles. The molecule has 1 atom stereocenters. The van der Waals surface area contributed by atoms with Gasteiger partial charge in [0, 0.05) is 11.9 Å². The molecule has 12 nitrogen and oxygen atoms in total. The topological polar surface area (TPSA) is 154 Å². The number of hydrogen-bond acceptors (Lipinski definition) is 10. The molecule has 0 unspecified atom stereocenters. The van der Waals surface area contributed by atoms with E-state index in [1.165, 1.54) is 54.0 Å². The van der Waals surface area contributed by atoms with Crippen LogP contribution in [0.4, 0.5) is 14.5 Å². The molecule has 4 rings (SSSR count). The van der Waals surface area contributed by atoms with Crippen LogP contribution in [0.1, 0.15) is 28.3 Å². The van der Waals surface area contributed by atoms with Crippen LogP contribution in [0.3, 0.4) is 0 Å². The van der Waals surface area contributed by atoms with Crippen LogP contribution in [0.2, 0.25) is 0 Å². The number of carbonyl (C=O) groups excluding carboxylic acids is 1. The third kappa shape index (κ3) is 6.59. The third-order valence-corrected chi connectivity index (χ3v) is 6.77. The molecule has 194 valence electrons. The van der Waals surface area contributed by atoms with Crippen LogP contribution in [0.5, 0.6) is 5.88 Å². The average molecular weight is 551 g/mol. The van der Waals surface area contributed by atoms with Crippen molar-refractivity contribution in [1.29, 1.82) is 0 Å². The van der Waals surface area contributed by atoms with Crippen molar-refractivity contribution in [1.82, 2.24) is 35.3 Å². The van der Waals surface area contributed by atoms with Crippen molar-refractivity contribution in [3.05, 3.63) is 65.8 Å². The van der Waals surface area contributed by atoms with Crippen molar-refractivity contribution in [3.8, 4) is 16.5 Å². The first-order valence-electron chi connectivity index (χ1n) is 10.7. The summed E-state index contributed by atoms with van der Waals surface area (Å²) in [5, 5.41) is 11.0. The van der Waals surface area contributed by atoms with Gasteiger partial charge in [0.05, 0.1) is 48.9 Å². The molecule has 0 fully saturated rings. The van der Waals surface area contributed by atoms with Crippen LogP contribution in [0, 0.1) is 0 Å². The van der Waals surface area contributed by atoms with E-state index in [2.05, 4.69) is 30.5 Å². The zero-order valence-electron chi connectivity index (χ0n) is 19.2. The summed E-state index contributed by atoms with van der Waals surface area (Å²) in [6.45, 7) is 2.32. The van der Waals surface area contributed by atoms with E-state index in [9.17, 15) is 22.0 Å². The van der Waals surface area contributed by atoms with Gasteiger partial charge in [0.15, 0.2) is 5.01 Å². The third-order valence-electron chi connectivity index (χ3n) is 4.76. The Morgan fingerprint density at radius 1 is 1.19 bits per heavy atom.